The van der Waals surface area contributed by atoms with E-state index in [2.05, 4.69) is 9.71 Å². The monoisotopic (exact) mass is 287 g/mol. The highest BCUT2D eigenvalue weighted by molar-refractivity contribution is 7.89. The molecule has 1 aromatic heterocycles. The number of anilines is 1. The summed E-state index contributed by atoms with van der Waals surface area (Å²) < 4.78 is 39.5. The number of benzene rings is 1. The van der Waals surface area contributed by atoms with Gasteiger partial charge in [-0.3, -0.25) is 4.98 Å². The molecule has 0 aliphatic rings. The summed E-state index contributed by atoms with van der Waals surface area (Å²) in [5.41, 5.74) is 7.13. The summed E-state index contributed by atoms with van der Waals surface area (Å²) in [7, 11) is -3.89. The normalized spacial score (nSPS) is 11.6. The van der Waals surface area contributed by atoms with Crippen LogP contribution in [0.15, 0.2) is 34.8 Å². The number of hydrogen-bond donors (Lipinski definition) is 2. The van der Waals surface area contributed by atoms with Crippen LogP contribution in [0.4, 0.5) is 10.1 Å². The van der Waals surface area contributed by atoms with Gasteiger partial charge in [0.15, 0.2) is 0 Å². The number of rotatable bonds is 4. The van der Waals surface area contributed by atoms with E-state index in [-0.39, 0.29) is 12.2 Å². The fraction of sp³-hybridized carbons (Fsp3) is 0.100. The maximum atomic E-state index is 13.5. The van der Waals surface area contributed by atoms with Crippen LogP contribution in [-0.2, 0) is 16.6 Å². The molecule has 2 rings (SSSR count). The molecule has 0 saturated heterocycles. The highest BCUT2D eigenvalue weighted by atomic mass is 32.2. The van der Waals surface area contributed by atoms with E-state index in [0.29, 0.717) is 0 Å². The minimum Gasteiger partial charge on any atom is -0.399 e. The van der Waals surface area contributed by atoms with Gasteiger partial charge in [-0.05, 0) is 18.2 Å². The van der Waals surface area contributed by atoms with Crippen LogP contribution >= 0.6 is 11.3 Å². The van der Waals surface area contributed by atoms with Crippen molar-refractivity contribution in [3.05, 3.63) is 40.6 Å². The summed E-state index contributed by atoms with van der Waals surface area (Å²) in [6.45, 7) is 0.0802. The Kier molecular flexibility index (Phi) is 3.60. The van der Waals surface area contributed by atoms with Gasteiger partial charge in [0.2, 0.25) is 10.0 Å². The summed E-state index contributed by atoms with van der Waals surface area (Å²) in [6, 6.07) is 3.45. The SMILES string of the molecule is Nc1ccc(S(=O)(=O)NCc2cncs2)c(F)c1. The molecule has 3 N–H and O–H groups in total. The van der Waals surface area contributed by atoms with Crippen LogP contribution in [0, 0.1) is 5.82 Å². The van der Waals surface area contributed by atoms with Gasteiger partial charge in [0.05, 0.1) is 5.51 Å². The molecular formula is C10H10FN3O2S2. The summed E-state index contributed by atoms with van der Waals surface area (Å²) in [4.78, 5) is 4.15. The van der Waals surface area contributed by atoms with Crippen LogP contribution < -0.4 is 10.5 Å². The second-order valence-electron chi connectivity index (χ2n) is 3.48. The van der Waals surface area contributed by atoms with Gasteiger partial charge in [-0.25, -0.2) is 17.5 Å². The zero-order valence-electron chi connectivity index (χ0n) is 9.13. The van der Waals surface area contributed by atoms with Crippen molar-refractivity contribution in [2.24, 2.45) is 0 Å². The second-order valence-corrected chi connectivity index (χ2v) is 6.19. The van der Waals surface area contributed by atoms with Crippen molar-refractivity contribution in [3.8, 4) is 0 Å². The van der Waals surface area contributed by atoms with Crippen LogP contribution in [0.1, 0.15) is 4.88 Å². The molecule has 0 aliphatic heterocycles. The minimum absolute atomic E-state index is 0.0802. The van der Waals surface area contributed by atoms with Crippen molar-refractivity contribution in [1.82, 2.24) is 9.71 Å². The fourth-order valence-electron chi connectivity index (χ4n) is 1.31. The molecule has 5 nitrogen and oxygen atoms in total. The molecule has 0 unspecified atom stereocenters. The van der Waals surface area contributed by atoms with Crippen LogP contribution in [-0.4, -0.2) is 13.4 Å². The zero-order chi connectivity index (χ0) is 13.2. The highest BCUT2D eigenvalue weighted by Crippen LogP contribution is 2.17. The van der Waals surface area contributed by atoms with E-state index >= 15 is 0 Å². The lowest BCUT2D eigenvalue weighted by Gasteiger charge is -2.06. The Morgan fingerprint density at radius 2 is 2.22 bits per heavy atom. The molecule has 0 atom stereocenters. The van der Waals surface area contributed by atoms with Crippen molar-refractivity contribution >= 4 is 27.0 Å². The zero-order valence-corrected chi connectivity index (χ0v) is 10.8. The van der Waals surface area contributed by atoms with Crippen molar-refractivity contribution in [1.29, 1.82) is 0 Å². The molecular weight excluding hydrogens is 277 g/mol. The fourth-order valence-corrected chi connectivity index (χ4v) is 3.00. The van der Waals surface area contributed by atoms with Gasteiger partial charge in [-0.15, -0.1) is 11.3 Å². The Labute approximate surface area is 108 Å². The van der Waals surface area contributed by atoms with E-state index in [1.807, 2.05) is 0 Å². The van der Waals surface area contributed by atoms with Crippen molar-refractivity contribution in [2.45, 2.75) is 11.4 Å². The van der Waals surface area contributed by atoms with E-state index in [9.17, 15) is 12.8 Å². The van der Waals surface area contributed by atoms with Crippen molar-refractivity contribution < 1.29 is 12.8 Å². The number of nitrogens with two attached hydrogens (primary N) is 1. The third-order valence-electron chi connectivity index (χ3n) is 2.17. The first kappa shape index (κ1) is 12.9. The van der Waals surface area contributed by atoms with Crippen LogP contribution in [0.5, 0.6) is 0 Å². The summed E-state index contributed by atoms with van der Waals surface area (Å²) in [5, 5.41) is 0. The van der Waals surface area contributed by atoms with Gasteiger partial charge in [-0.2, -0.15) is 0 Å². The quantitative estimate of drug-likeness (QED) is 0.831. The standard InChI is InChI=1S/C10H10FN3O2S2/c11-9-3-7(12)1-2-10(9)18(15,16)14-5-8-4-13-6-17-8/h1-4,6,14H,5,12H2. The average Bonchev–Trinajstić information content (AvgIpc) is 2.78. The number of nitrogens with one attached hydrogen (secondary N) is 1. The molecule has 1 heterocycles. The molecule has 8 heteroatoms. The number of halogens is 1. The lowest BCUT2D eigenvalue weighted by Crippen LogP contribution is -2.23. The van der Waals surface area contributed by atoms with Crippen LogP contribution in [0.3, 0.4) is 0 Å². The topological polar surface area (TPSA) is 85.1 Å². The molecule has 0 bridgehead atoms. The van der Waals surface area contributed by atoms with Crippen molar-refractivity contribution in [2.75, 3.05) is 5.73 Å². The maximum absolute atomic E-state index is 13.5. The largest absolute Gasteiger partial charge is 0.399 e. The number of sulfonamides is 1. The van der Waals surface area contributed by atoms with E-state index in [0.717, 1.165) is 17.0 Å². The van der Waals surface area contributed by atoms with E-state index in [4.69, 9.17) is 5.73 Å². The number of thiazole rings is 1. The first-order chi connectivity index (χ1) is 8.49. The number of nitrogen functional groups attached to an aromatic ring is 1. The van der Waals surface area contributed by atoms with Crippen LogP contribution in [0.25, 0.3) is 0 Å². The summed E-state index contributed by atoms with van der Waals surface area (Å²) >= 11 is 1.31. The van der Waals surface area contributed by atoms with Gasteiger partial charge in [0.25, 0.3) is 0 Å². The molecule has 0 amide bonds. The minimum atomic E-state index is -3.89. The Morgan fingerprint density at radius 3 is 2.83 bits per heavy atom. The second kappa shape index (κ2) is 5.01. The predicted octanol–water partition coefficient (Wildman–Crippen LogP) is 1.34. The molecule has 0 spiro atoms. The molecule has 0 radical (unpaired) electrons. The number of aromatic nitrogens is 1. The van der Waals surface area contributed by atoms with Gasteiger partial charge >= 0.3 is 0 Å². The average molecular weight is 287 g/mol. The van der Waals surface area contributed by atoms with E-state index in [1.54, 1.807) is 11.7 Å². The van der Waals surface area contributed by atoms with Crippen molar-refractivity contribution in [3.63, 3.8) is 0 Å². The first-order valence-corrected chi connectivity index (χ1v) is 7.27. The third kappa shape index (κ3) is 2.84. The molecule has 18 heavy (non-hydrogen) atoms. The van der Waals surface area contributed by atoms with Gasteiger partial charge in [-0.1, -0.05) is 0 Å². The Balaban J connectivity index is 2.20. The van der Waals surface area contributed by atoms with E-state index in [1.165, 1.54) is 17.4 Å². The molecule has 0 saturated carbocycles. The summed E-state index contributed by atoms with van der Waals surface area (Å²) in [5.74, 6) is -0.869. The van der Waals surface area contributed by atoms with Gasteiger partial charge in [0, 0.05) is 23.3 Å². The molecule has 0 fully saturated rings. The summed E-state index contributed by atoms with van der Waals surface area (Å²) in [6.07, 6.45) is 1.55. The first-order valence-electron chi connectivity index (χ1n) is 4.91. The third-order valence-corrected chi connectivity index (χ3v) is 4.38. The maximum Gasteiger partial charge on any atom is 0.243 e. The Hall–Kier alpha value is -1.51. The van der Waals surface area contributed by atoms with Crippen LogP contribution in [0.2, 0.25) is 0 Å². The molecule has 2 aromatic rings. The van der Waals surface area contributed by atoms with E-state index < -0.39 is 20.7 Å². The molecule has 96 valence electrons. The Bertz CT molecular complexity index is 641. The molecule has 1 aromatic carbocycles. The number of nitrogens with zero attached hydrogens (tertiary/aromatic N) is 1. The lowest BCUT2D eigenvalue weighted by molar-refractivity contribution is 0.557. The highest BCUT2D eigenvalue weighted by Gasteiger charge is 2.18. The smallest absolute Gasteiger partial charge is 0.243 e. The van der Waals surface area contributed by atoms with Gasteiger partial charge < -0.3 is 5.73 Å². The lowest BCUT2D eigenvalue weighted by atomic mass is 10.3. The number of hydrogen-bond acceptors (Lipinski definition) is 5. The van der Waals surface area contributed by atoms with Gasteiger partial charge in [0.1, 0.15) is 10.7 Å². The Morgan fingerprint density at radius 1 is 1.44 bits per heavy atom. The predicted molar refractivity (Wildman–Crippen MR) is 67.0 cm³/mol. The molecule has 0 aliphatic carbocycles.